The first-order valence-corrected chi connectivity index (χ1v) is 10.9. The summed E-state index contributed by atoms with van der Waals surface area (Å²) in [6.07, 6.45) is 5.13. The van der Waals surface area contributed by atoms with Crippen molar-refractivity contribution in [2.75, 3.05) is 46.4 Å². The first kappa shape index (κ1) is 20.7. The molecule has 0 N–H and O–H groups in total. The molecule has 0 unspecified atom stereocenters. The first-order valence-electron chi connectivity index (χ1n) is 10.9. The van der Waals surface area contributed by atoms with Crippen LogP contribution in [-0.4, -0.2) is 65.8 Å². The summed E-state index contributed by atoms with van der Waals surface area (Å²) in [4.78, 5) is 9.37. The third kappa shape index (κ3) is 5.12. The molecule has 0 spiro atoms. The van der Waals surface area contributed by atoms with E-state index in [1.165, 1.54) is 10.9 Å². The second kappa shape index (κ2) is 9.96. The fourth-order valence-electron chi connectivity index (χ4n) is 3.97. The molecule has 2 aromatic heterocycles. The van der Waals surface area contributed by atoms with Gasteiger partial charge in [0.05, 0.1) is 11.9 Å². The molecule has 6 heteroatoms. The van der Waals surface area contributed by atoms with Gasteiger partial charge in [0.1, 0.15) is 13.2 Å². The van der Waals surface area contributed by atoms with Gasteiger partial charge in [-0.1, -0.05) is 25.1 Å². The normalized spacial score (nSPS) is 13.5. The van der Waals surface area contributed by atoms with Crippen LogP contribution in [0.5, 0.6) is 11.5 Å². The van der Waals surface area contributed by atoms with Gasteiger partial charge in [-0.3, -0.25) is 9.88 Å². The maximum atomic E-state index is 5.67. The average molecular weight is 409 g/mol. The van der Waals surface area contributed by atoms with Crippen molar-refractivity contribution < 1.29 is 9.47 Å². The lowest BCUT2D eigenvalue weighted by Gasteiger charge is -2.25. The number of hydrogen-bond acceptors (Lipinski definition) is 5. The van der Waals surface area contributed by atoms with Crippen LogP contribution in [0.3, 0.4) is 0 Å². The number of para-hydroxylation sites is 1. The van der Waals surface area contributed by atoms with Gasteiger partial charge >= 0.3 is 0 Å². The summed E-state index contributed by atoms with van der Waals surface area (Å²) in [5.41, 5.74) is 2.34. The molecule has 0 atom stereocenters. The second-order valence-corrected chi connectivity index (χ2v) is 7.91. The summed E-state index contributed by atoms with van der Waals surface area (Å²) in [6.45, 7) is 9.57. The molecule has 0 aliphatic carbocycles. The smallest absolute Gasteiger partial charge is 0.179 e. The molecule has 3 aromatic rings. The van der Waals surface area contributed by atoms with Gasteiger partial charge in [-0.05, 0) is 44.1 Å². The Kier molecular flexibility index (Phi) is 6.87. The molecule has 160 valence electrons. The predicted molar refractivity (Wildman–Crippen MR) is 120 cm³/mol. The molecule has 0 bridgehead atoms. The highest BCUT2D eigenvalue weighted by Gasteiger charge is 2.14. The highest BCUT2D eigenvalue weighted by atomic mass is 16.6. The Hall–Kier alpha value is -2.57. The number of benzene rings is 1. The van der Waals surface area contributed by atoms with Gasteiger partial charge in [0.15, 0.2) is 11.5 Å². The van der Waals surface area contributed by atoms with Crippen molar-refractivity contribution in [1.82, 2.24) is 19.4 Å². The Balaban J connectivity index is 1.22. The number of pyridine rings is 1. The number of ether oxygens (including phenoxy) is 2. The summed E-state index contributed by atoms with van der Waals surface area (Å²) in [5.74, 6) is 1.56. The number of aryl methyl sites for hydroxylation is 1. The van der Waals surface area contributed by atoms with E-state index in [-0.39, 0.29) is 0 Å². The summed E-state index contributed by atoms with van der Waals surface area (Å²) < 4.78 is 13.6. The molecule has 1 aliphatic rings. The molecule has 3 heterocycles. The predicted octanol–water partition coefficient (Wildman–Crippen LogP) is 3.65. The van der Waals surface area contributed by atoms with Crippen molar-refractivity contribution in [1.29, 1.82) is 0 Å². The van der Waals surface area contributed by atoms with Crippen LogP contribution < -0.4 is 9.47 Å². The monoisotopic (exact) mass is 408 g/mol. The zero-order valence-corrected chi connectivity index (χ0v) is 18.1. The third-order valence-corrected chi connectivity index (χ3v) is 5.72. The maximum Gasteiger partial charge on any atom is 0.179 e. The van der Waals surface area contributed by atoms with Gasteiger partial charge < -0.3 is 18.9 Å². The van der Waals surface area contributed by atoms with Gasteiger partial charge in [-0.25, -0.2) is 0 Å². The van der Waals surface area contributed by atoms with E-state index < -0.39 is 0 Å². The van der Waals surface area contributed by atoms with E-state index in [1.807, 2.05) is 6.07 Å². The van der Waals surface area contributed by atoms with E-state index in [2.05, 4.69) is 69.9 Å². The van der Waals surface area contributed by atoms with Crippen LogP contribution >= 0.6 is 0 Å². The number of rotatable bonds is 10. The molecule has 1 aromatic carbocycles. The Bertz CT molecular complexity index is 955. The molecule has 6 nitrogen and oxygen atoms in total. The van der Waals surface area contributed by atoms with Gasteiger partial charge in [-0.2, -0.15) is 0 Å². The molecule has 1 aliphatic heterocycles. The van der Waals surface area contributed by atoms with Crippen LogP contribution in [0.25, 0.3) is 10.9 Å². The van der Waals surface area contributed by atoms with Crippen LogP contribution in [-0.2, 0) is 13.1 Å². The van der Waals surface area contributed by atoms with Crippen molar-refractivity contribution in [3.8, 4) is 11.5 Å². The van der Waals surface area contributed by atoms with Gasteiger partial charge in [0, 0.05) is 44.0 Å². The van der Waals surface area contributed by atoms with Crippen molar-refractivity contribution in [2.45, 2.75) is 26.4 Å². The van der Waals surface area contributed by atoms with E-state index in [1.54, 1.807) is 6.20 Å². The maximum absolute atomic E-state index is 5.67. The van der Waals surface area contributed by atoms with Crippen molar-refractivity contribution >= 4 is 10.9 Å². The number of nitrogens with zero attached hydrogens (tertiary/aromatic N) is 4. The fraction of sp³-hybridized carbons (Fsp3) is 0.458. The quantitative estimate of drug-likeness (QED) is 0.512. The largest absolute Gasteiger partial charge is 0.486 e. The highest BCUT2D eigenvalue weighted by molar-refractivity contribution is 5.79. The zero-order valence-electron chi connectivity index (χ0n) is 18.1. The molecule has 0 saturated heterocycles. The summed E-state index contributed by atoms with van der Waals surface area (Å²) in [7, 11) is 2.15. The van der Waals surface area contributed by atoms with Gasteiger partial charge in [0.2, 0.25) is 0 Å². The number of aromatic nitrogens is 2. The Labute approximate surface area is 179 Å². The van der Waals surface area contributed by atoms with Crippen LogP contribution in [0.1, 0.15) is 19.0 Å². The molecule has 0 fully saturated rings. The third-order valence-electron chi connectivity index (χ3n) is 5.72. The van der Waals surface area contributed by atoms with E-state index in [4.69, 9.17) is 9.47 Å². The number of fused-ring (bicyclic) bond motifs is 2. The number of likely N-dealkylation sites (N-methyl/N-ethyl adjacent to an activating group) is 2. The highest BCUT2D eigenvalue weighted by Crippen LogP contribution is 2.29. The van der Waals surface area contributed by atoms with Gasteiger partial charge in [0.25, 0.3) is 0 Å². The second-order valence-electron chi connectivity index (χ2n) is 7.91. The average Bonchev–Trinajstić information content (AvgIpc) is 3.19. The number of hydrogen-bond donors (Lipinski definition) is 0. The van der Waals surface area contributed by atoms with Crippen LogP contribution in [0.2, 0.25) is 0 Å². The van der Waals surface area contributed by atoms with E-state index in [0.717, 1.165) is 62.9 Å². The molecular formula is C24H32N4O2. The summed E-state index contributed by atoms with van der Waals surface area (Å²) in [6, 6.07) is 12.8. The van der Waals surface area contributed by atoms with Crippen LogP contribution in [0.4, 0.5) is 0 Å². The minimum Gasteiger partial charge on any atom is -0.486 e. The summed E-state index contributed by atoms with van der Waals surface area (Å²) >= 11 is 0. The Morgan fingerprint density at radius 1 is 1.03 bits per heavy atom. The molecule has 0 radical (unpaired) electrons. The lowest BCUT2D eigenvalue weighted by atomic mass is 10.2. The zero-order chi connectivity index (χ0) is 20.8. The van der Waals surface area contributed by atoms with E-state index in [0.29, 0.717) is 13.2 Å². The lowest BCUT2D eigenvalue weighted by molar-refractivity contribution is 0.170. The van der Waals surface area contributed by atoms with E-state index >= 15 is 0 Å². The standard InChI is InChI=1S/C24H32N4O2/c1-3-27(10-6-11-28-12-9-20-7-4-5-8-22(20)28)14-13-26(2)19-21-17-23-24(18-25-21)30-16-15-29-23/h4-5,7-9,12,17-18H,3,6,10-11,13-16,19H2,1-2H3. The first-order chi connectivity index (χ1) is 14.7. The topological polar surface area (TPSA) is 42.8 Å². The van der Waals surface area contributed by atoms with Gasteiger partial charge in [-0.15, -0.1) is 0 Å². The van der Waals surface area contributed by atoms with E-state index in [9.17, 15) is 0 Å². The minimum absolute atomic E-state index is 0.599. The summed E-state index contributed by atoms with van der Waals surface area (Å²) in [5, 5.41) is 1.32. The van der Waals surface area contributed by atoms with Crippen LogP contribution in [0.15, 0.2) is 48.8 Å². The van der Waals surface area contributed by atoms with Crippen molar-refractivity contribution in [3.63, 3.8) is 0 Å². The molecule has 4 rings (SSSR count). The lowest BCUT2D eigenvalue weighted by Crippen LogP contribution is -2.34. The van der Waals surface area contributed by atoms with Crippen LogP contribution in [0, 0.1) is 0 Å². The molecule has 0 amide bonds. The van der Waals surface area contributed by atoms with Crippen molar-refractivity contribution in [2.24, 2.45) is 0 Å². The molecular weight excluding hydrogens is 376 g/mol. The minimum atomic E-state index is 0.599. The fourth-order valence-corrected chi connectivity index (χ4v) is 3.97. The van der Waals surface area contributed by atoms with Crippen molar-refractivity contribution in [3.05, 3.63) is 54.5 Å². The Morgan fingerprint density at radius 3 is 2.73 bits per heavy atom. The SMILES string of the molecule is CCN(CCCn1ccc2ccccc21)CCN(C)Cc1cc2c(cn1)OCCO2. The Morgan fingerprint density at radius 2 is 1.87 bits per heavy atom. The molecule has 30 heavy (non-hydrogen) atoms. The molecule has 0 saturated carbocycles.